The lowest BCUT2D eigenvalue weighted by Crippen LogP contribution is -2.01. The van der Waals surface area contributed by atoms with Crippen molar-refractivity contribution < 1.29 is 4.86 Å². The van der Waals surface area contributed by atoms with Crippen molar-refractivity contribution in [3.8, 4) is 0 Å². The Hall–Kier alpha value is -2.16. The van der Waals surface area contributed by atoms with Gasteiger partial charge in [0.15, 0.2) is 0 Å². The summed E-state index contributed by atoms with van der Waals surface area (Å²) in [5, 5.41) is 15.6. The number of hydrogen-bond acceptors (Lipinski definition) is 2. The Morgan fingerprint density at radius 3 is 2.28 bits per heavy atom. The Balaban J connectivity index is 1.95. The maximum atomic E-state index is 11.6. The summed E-state index contributed by atoms with van der Waals surface area (Å²) >= 11 is 0. The van der Waals surface area contributed by atoms with E-state index in [1.54, 1.807) is 0 Å². The monoisotopic (exact) mass is 240 g/mol. The van der Waals surface area contributed by atoms with E-state index in [0.29, 0.717) is 13.1 Å². The molecule has 0 bridgehead atoms. The normalized spacial score (nSPS) is 11.5. The molecule has 0 unspecified atom stereocenters. The van der Waals surface area contributed by atoms with Gasteiger partial charge >= 0.3 is 0 Å². The van der Waals surface area contributed by atoms with Crippen molar-refractivity contribution in [2.45, 2.75) is 20.0 Å². The molecule has 2 aromatic carbocycles. The summed E-state index contributed by atoms with van der Waals surface area (Å²) in [6, 6.07) is 17.7. The van der Waals surface area contributed by atoms with Crippen molar-refractivity contribution in [3.63, 3.8) is 0 Å². The van der Waals surface area contributed by atoms with Gasteiger partial charge in [0.2, 0.25) is 6.54 Å². The molecule has 0 amide bonds. The van der Waals surface area contributed by atoms with Crippen molar-refractivity contribution in [3.05, 3.63) is 76.5 Å². The SMILES string of the molecule is Cc1ccc(CN=[N+]([O-])Cc2ccccc2)cc1. The molecule has 0 saturated heterocycles. The molecule has 0 atom stereocenters. The highest BCUT2D eigenvalue weighted by molar-refractivity contribution is 5.20. The van der Waals surface area contributed by atoms with E-state index in [2.05, 4.69) is 5.11 Å². The van der Waals surface area contributed by atoms with Crippen LogP contribution in [0.25, 0.3) is 0 Å². The van der Waals surface area contributed by atoms with Crippen LogP contribution < -0.4 is 0 Å². The highest BCUT2D eigenvalue weighted by Gasteiger charge is 1.99. The van der Waals surface area contributed by atoms with E-state index in [4.69, 9.17) is 0 Å². The zero-order valence-electron chi connectivity index (χ0n) is 10.4. The number of azo groups is 1. The second-order valence-corrected chi connectivity index (χ2v) is 4.28. The molecule has 18 heavy (non-hydrogen) atoms. The van der Waals surface area contributed by atoms with Gasteiger partial charge in [0, 0.05) is 5.56 Å². The van der Waals surface area contributed by atoms with Crippen LogP contribution in [-0.4, -0.2) is 4.86 Å². The number of rotatable bonds is 4. The van der Waals surface area contributed by atoms with Gasteiger partial charge in [-0.25, -0.2) is 0 Å². The molecule has 2 aromatic rings. The standard InChI is InChI=1S/C15H16N2O/c1-13-7-9-14(10-8-13)11-16-17(18)12-15-5-3-2-4-6-15/h2-10H,11-12H2,1H3. The van der Waals surface area contributed by atoms with E-state index in [-0.39, 0.29) is 0 Å². The molecule has 0 N–H and O–H groups in total. The molecule has 2 rings (SSSR count). The van der Waals surface area contributed by atoms with E-state index in [1.807, 2.05) is 61.5 Å². The molecule has 0 radical (unpaired) electrons. The van der Waals surface area contributed by atoms with Crippen molar-refractivity contribution in [2.75, 3.05) is 0 Å². The first-order valence-electron chi connectivity index (χ1n) is 5.95. The number of hydroxylamine groups is 1. The summed E-state index contributed by atoms with van der Waals surface area (Å²) < 4.78 is 0. The molecule has 0 heterocycles. The van der Waals surface area contributed by atoms with E-state index >= 15 is 0 Å². The van der Waals surface area contributed by atoms with Crippen LogP contribution >= 0.6 is 0 Å². The smallest absolute Gasteiger partial charge is 0.205 e. The summed E-state index contributed by atoms with van der Waals surface area (Å²) in [5.41, 5.74) is 3.23. The quantitative estimate of drug-likeness (QED) is 0.456. The summed E-state index contributed by atoms with van der Waals surface area (Å²) in [6.45, 7) is 2.76. The van der Waals surface area contributed by atoms with Crippen molar-refractivity contribution in [2.24, 2.45) is 5.11 Å². The molecule has 0 spiro atoms. The Bertz CT molecular complexity index is 518. The molecular formula is C15H16N2O. The lowest BCUT2D eigenvalue weighted by molar-refractivity contribution is -0.547. The van der Waals surface area contributed by atoms with Gasteiger partial charge < -0.3 is 5.21 Å². The van der Waals surface area contributed by atoms with E-state index in [1.165, 1.54) is 5.56 Å². The largest absolute Gasteiger partial charge is 0.600 e. The highest BCUT2D eigenvalue weighted by atomic mass is 16.5. The fourth-order valence-corrected chi connectivity index (χ4v) is 1.64. The first kappa shape index (κ1) is 12.3. The molecule has 0 fully saturated rings. The molecule has 0 aromatic heterocycles. The van der Waals surface area contributed by atoms with Gasteiger partial charge in [0.1, 0.15) is 6.54 Å². The molecular weight excluding hydrogens is 224 g/mol. The van der Waals surface area contributed by atoms with Crippen LogP contribution in [0.5, 0.6) is 0 Å². The minimum absolute atomic E-state index is 0.298. The second kappa shape index (κ2) is 5.96. The Labute approximate surface area is 107 Å². The summed E-state index contributed by atoms with van der Waals surface area (Å²) in [6.07, 6.45) is 0. The highest BCUT2D eigenvalue weighted by Crippen LogP contribution is 2.05. The Kier molecular flexibility index (Phi) is 4.07. The predicted octanol–water partition coefficient (Wildman–Crippen LogP) is 3.66. The zero-order chi connectivity index (χ0) is 12.8. The zero-order valence-corrected chi connectivity index (χ0v) is 10.4. The fourth-order valence-electron chi connectivity index (χ4n) is 1.64. The van der Waals surface area contributed by atoms with Crippen LogP contribution in [0.4, 0.5) is 0 Å². The Morgan fingerprint density at radius 1 is 0.944 bits per heavy atom. The van der Waals surface area contributed by atoms with Crippen molar-refractivity contribution in [1.29, 1.82) is 0 Å². The second-order valence-electron chi connectivity index (χ2n) is 4.28. The van der Waals surface area contributed by atoms with E-state index in [0.717, 1.165) is 16.0 Å². The van der Waals surface area contributed by atoms with Gasteiger partial charge in [-0.15, -0.1) is 0 Å². The number of benzene rings is 2. The molecule has 0 aliphatic rings. The van der Waals surface area contributed by atoms with Crippen LogP contribution in [0.15, 0.2) is 59.7 Å². The Morgan fingerprint density at radius 2 is 1.61 bits per heavy atom. The topological polar surface area (TPSA) is 38.4 Å². The molecule has 0 saturated carbocycles. The summed E-state index contributed by atoms with van der Waals surface area (Å²) in [5.74, 6) is 0. The van der Waals surface area contributed by atoms with Gasteiger partial charge in [0.05, 0.1) is 0 Å². The molecule has 3 nitrogen and oxygen atoms in total. The minimum atomic E-state index is 0.298. The van der Waals surface area contributed by atoms with Crippen LogP contribution in [0.3, 0.4) is 0 Å². The van der Waals surface area contributed by atoms with Gasteiger partial charge in [0.25, 0.3) is 0 Å². The fraction of sp³-hybridized carbons (Fsp3) is 0.200. The van der Waals surface area contributed by atoms with E-state index < -0.39 is 0 Å². The third kappa shape index (κ3) is 3.70. The van der Waals surface area contributed by atoms with Gasteiger partial charge in [-0.1, -0.05) is 65.0 Å². The molecule has 3 heteroatoms. The third-order valence-electron chi connectivity index (χ3n) is 2.69. The van der Waals surface area contributed by atoms with Gasteiger partial charge in [-0.05, 0) is 17.6 Å². The van der Waals surface area contributed by atoms with E-state index in [9.17, 15) is 5.21 Å². The molecule has 92 valence electrons. The first-order chi connectivity index (χ1) is 8.74. The summed E-state index contributed by atoms with van der Waals surface area (Å²) in [7, 11) is 0. The summed E-state index contributed by atoms with van der Waals surface area (Å²) in [4.78, 5) is 0.745. The molecule has 0 aliphatic heterocycles. The van der Waals surface area contributed by atoms with Gasteiger partial charge in [-0.3, -0.25) is 0 Å². The van der Waals surface area contributed by atoms with Crippen molar-refractivity contribution in [1.82, 2.24) is 0 Å². The number of nitrogens with zero attached hydrogens (tertiary/aromatic N) is 2. The third-order valence-corrected chi connectivity index (χ3v) is 2.69. The number of aryl methyl sites for hydroxylation is 1. The minimum Gasteiger partial charge on any atom is -0.600 e. The average molecular weight is 240 g/mol. The lowest BCUT2D eigenvalue weighted by Gasteiger charge is -2.01. The van der Waals surface area contributed by atoms with Crippen LogP contribution in [0.2, 0.25) is 0 Å². The van der Waals surface area contributed by atoms with Crippen LogP contribution in [0, 0.1) is 12.1 Å². The van der Waals surface area contributed by atoms with Crippen LogP contribution in [0.1, 0.15) is 16.7 Å². The molecule has 0 aliphatic carbocycles. The lowest BCUT2D eigenvalue weighted by atomic mass is 10.2. The maximum absolute atomic E-state index is 11.6. The average Bonchev–Trinajstić information content (AvgIpc) is 2.39. The first-order valence-corrected chi connectivity index (χ1v) is 5.95. The van der Waals surface area contributed by atoms with Crippen molar-refractivity contribution >= 4 is 0 Å². The maximum Gasteiger partial charge on any atom is 0.205 e. The number of hydrogen-bond donors (Lipinski definition) is 0. The predicted molar refractivity (Wildman–Crippen MR) is 71.1 cm³/mol. The van der Waals surface area contributed by atoms with Crippen LogP contribution in [-0.2, 0) is 13.1 Å². The van der Waals surface area contributed by atoms with Gasteiger partial charge in [-0.2, -0.15) is 0 Å².